The zero-order chi connectivity index (χ0) is 13.7. The maximum Gasteiger partial charge on any atom is 0.261 e. The van der Waals surface area contributed by atoms with E-state index in [9.17, 15) is 4.79 Å². The van der Waals surface area contributed by atoms with E-state index < -0.39 is 0 Å². The number of amides is 1. The number of hydrogen-bond acceptors (Lipinski definition) is 5. The average Bonchev–Trinajstić information content (AvgIpc) is 3.03. The number of carbonyl (C=O) groups excluding carboxylic acids is 1. The standard InChI is InChI=1S/C12H12N4O2S/c1-8-5-10(19-9(8)3-2-4-17)12(18)13-6-11-14-7-15-16-11/h5,7,17H,4,6H2,1H3,(H,13,18)(H,14,15,16). The molecule has 0 atom stereocenters. The van der Waals surface area contributed by atoms with Gasteiger partial charge in [0.15, 0.2) is 0 Å². The van der Waals surface area contributed by atoms with E-state index in [4.69, 9.17) is 5.11 Å². The van der Waals surface area contributed by atoms with Gasteiger partial charge in [-0.3, -0.25) is 9.89 Å². The molecule has 0 bridgehead atoms. The van der Waals surface area contributed by atoms with Gasteiger partial charge in [0.2, 0.25) is 0 Å². The summed E-state index contributed by atoms with van der Waals surface area (Å²) in [4.78, 5) is 17.2. The molecule has 2 heterocycles. The lowest BCUT2D eigenvalue weighted by Gasteiger charge is -1.99. The van der Waals surface area contributed by atoms with Crippen LogP contribution in [0.2, 0.25) is 0 Å². The number of rotatable bonds is 3. The molecule has 0 aliphatic carbocycles. The third-order valence-electron chi connectivity index (χ3n) is 2.30. The summed E-state index contributed by atoms with van der Waals surface area (Å²) in [5, 5.41) is 17.8. The number of nitrogens with zero attached hydrogens (tertiary/aromatic N) is 2. The molecule has 0 saturated carbocycles. The van der Waals surface area contributed by atoms with Crippen LogP contribution in [0.4, 0.5) is 0 Å². The molecule has 2 rings (SSSR count). The van der Waals surface area contributed by atoms with Crippen LogP contribution in [0.1, 0.15) is 25.9 Å². The fraction of sp³-hybridized carbons (Fsp3) is 0.250. The van der Waals surface area contributed by atoms with Crippen molar-refractivity contribution in [1.82, 2.24) is 20.5 Å². The highest BCUT2D eigenvalue weighted by Gasteiger charge is 2.11. The molecule has 0 saturated heterocycles. The number of H-pyrrole nitrogens is 1. The van der Waals surface area contributed by atoms with Crippen molar-refractivity contribution < 1.29 is 9.90 Å². The summed E-state index contributed by atoms with van der Waals surface area (Å²) >= 11 is 1.30. The van der Waals surface area contributed by atoms with E-state index in [-0.39, 0.29) is 12.5 Å². The Bertz CT molecular complexity index is 622. The maximum absolute atomic E-state index is 11.9. The molecule has 0 aromatic carbocycles. The summed E-state index contributed by atoms with van der Waals surface area (Å²) in [6.45, 7) is 1.99. The summed E-state index contributed by atoms with van der Waals surface area (Å²) in [7, 11) is 0. The smallest absolute Gasteiger partial charge is 0.261 e. The predicted molar refractivity (Wildman–Crippen MR) is 70.6 cm³/mol. The molecule has 0 unspecified atom stereocenters. The van der Waals surface area contributed by atoms with Gasteiger partial charge in [-0.2, -0.15) is 5.10 Å². The maximum atomic E-state index is 11.9. The van der Waals surface area contributed by atoms with Gasteiger partial charge in [-0.05, 0) is 18.6 Å². The molecule has 1 amide bonds. The van der Waals surface area contributed by atoms with Gasteiger partial charge in [-0.25, -0.2) is 4.98 Å². The Morgan fingerprint density at radius 3 is 3.16 bits per heavy atom. The van der Waals surface area contributed by atoms with Crippen LogP contribution in [-0.4, -0.2) is 32.8 Å². The zero-order valence-corrected chi connectivity index (χ0v) is 11.0. The first-order valence-corrected chi connectivity index (χ1v) is 6.35. The number of hydrogen-bond donors (Lipinski definition) is 3. The Morgan fingerprint density at radius 2 is 2.47 bits per heavy atom. The second-order valence-corrected chi connectivity index (χ2v) is 4.75. The van der Waals surface area contributed by atoms with E-state index in [1.807, 2.05) is 6.92 Å². The fourth-order valence-corrected chi connectivity index (χ4v) is 2.37. The Hall–Kier alpha value is -2.17. The molecule has 6 nitrogen and oxygen atoms in total. The second-order valence-electron chi connectivity index (χ2n) is 3.70. The van der Waals surface area contributed by atoms with Crippen LogP contribution in [0.25, 0.3) is 0 Å². The molecular weight excluding hydrogens is 264 g/mol. The van der Waals surface area contributed by atoms with E-state index in [1.165, 1.54) is 17.7 Å². The topological polar surface area (TPSA) is 90.9 Å². The van der Waals surface area contributed by atoms with E-state index in [1.54, 1.807) is 6.07 Å². The fourth-order valence-electron chi connectivity index (χ4n) is 1.40. The van der Waals surface area contributed by atoms with Crippen molar-refractivity contribution in [2.75, 3.05) is 6.61 Å². The summed E-state index contributed by atoms with van der Waals surface area (Å²) in [5.74, 6) is 5.81. The third kappa shape index (κ3) is 3.40. The number of aryl methyl sites for hydroxylation is 1. The number of aliphatic hydroxyl groups is 1. The second kappa shape index (κ2) is 6.13. The minimum absolute atomic E-state index is 0.179. The van der Waals surface area contributed by atoms with Crippen LogP contribution in [0, 0.1) is 18.8 Å². The summed E-state index contributed by atoms with van der Waals surface area (Å²) in [6, 6.07) is 1.78. The number of nitrogens with one attached hydrogen (secondary N) is 2. The molecule has 0 radical (unpaired) electrons. The molecule has 0 spiro atoms. The predicted octanol–water partition coefficient (Wildman–Crippen LogP) is 0.448. The minimum Gasteiger partial charge on any atom is -0.384 e. The Kier molecular flexibility index (Phi) is 4.28. The van der Waals surface area contributed by atoms with Crippen molar-refractivity contribution in [3.05, 3.63) is 33.5 Å². The van der Waals surface area contributed by atoms with Crippen molar-refractivity contribution in [1.29, 1.82) is 0 Å². The molecule has 98 valence electrons. The molecule has 7 heteroatoms. The molecular formula is C12H12N4O2S. The number of thiophene rings is 1. The minimum atomic E-state index is -0.190. The quantitative estimate of drug-likeness (QED) is 0.710. The molecule has 3 N–H and O–H groups in total. The van der Waals surface area contributed by atoms with Crippen molar-refractivity contribution in [3.8, 4) is 11.8 Å². The molecule has 2 aromatic heterocycles. The third-order valence-corrected chi connectivity index (χ3v) is 3.46. The summed E-state index contributed by atoms with van der Waals surface area (Å²) < 4.78 is 0. The van der Waals surface area contributed by atoms with E-state index in [0.29, 0.717) is 17.2 Å². The Labute approximate surface area is 113 Å². The lowest BCUT2D eigenvalue weighted by Crippen LogP contribution is -2.22. The summed E-state index contributed by atoms with van der Waals surface area (Å²) in [6.07, 6.45) is 1.39. The number of carbonyl (C=O) groups is 1. The van der Waals surface area contributed by atoms with Gasteiger partial charge in [-0.15, -0.1) is 11.3 Å². The van der Waals surface area contributed by atoms with Crippen LogP contribution in [0.3, 0.4) is 0 Å². The van der Waals surface area contributed by atoms with E-state index >= 15 is 0 Å². The van der Waals surface area contributed by atoms with Crippen molar-refractivity contribution in [3.63, 3.8) is 0 Å². The van der Waals surface area contributed by atoms with Gasteiger partial charge in [0.1, 0.15) is 18.8 Å². The Morgan fingerprint density at radius 1 is 1.63 bits per heavy atom. The lowest BCUT2D eigenvalue weighted by molar-refractivity contribution is 0.0954. The zero-order valence-electron chi connectivity index (χ0n) is 10.2. The number of aromatic nitrogens is 3. The Balaban J connectivity index is 2.03. The van der Waals surface area contributed by atoms with Crippen molar-refractivity contribution in [2.24, 2.45) is 0 Å². The van der Waals surface area contributed by atoms with E-state index in [0.717, 1.165) is 10.4 Å². The van der Waals surface area contributed by atoms with Gasteiger partial charge in [0.05, 0.1) is 16.3 Å². The normalized spacial score (nSPS) is 9.79. The average molecular weight is 276 g/mol. The van der Waals surface area contributed by atoms with Gasteiger partial charge in [0, 0.05) is 0 Å². The highest BCUT2D eigenvalue weighted by atomic mass is 32.1. The van der Waals surface area contributed by atoms with Crippen LogP contribution >= 0.6 is 11.3 Å². The molecule has 0 aliphatic rings. The van der Waals surface area contributed by atoms with Crippen molar-refractivity contribution >= 4 is 17.2 Å². The monoisotopic (exact) mass is 276 g/mol. The van der Waals surface area contributed by atoms with Gasteiger partial charge in [0.25, 0.3) is 5.91 Å². The largest absolute Gasteiger partial charge is 0.384 e. The molecule has 2 aromatic rings. The highest BCUT2D eigenvalue weighted by molar-refractivity contribution is 7.14. The van der Waals surface area contributed by atoms with Gasteiger partial charge < -0.3 is 10.4 Å². The van der Waals surface area contributed by atoms with Crippen LogP contribution in [-0.2, 0) is 6.54 Å². The van der Waals surface area contributed by atoms with Crippen LogP contribution in [0.15, 0.2) is 12.4 Å². The summed E-state index contributed by atoms with van der Waals surface area (Å²) in [5.41, 5.74) is 0.927. The molecule has 0 aliphatic heterocycles. The molecule has 19 heavy (non-hydrogen) atoms. The van der Waals surface area contributed by atoms with Crippen LogP contribution < -0.4 is 5.32 Å². The van der Waals surface area contributed by atoms with Crippen LogP contribution in [0.5, 0.6) is 0 Å². The van der Waals surface area contributed by atoms with E-state index in [2.05, 4.69) is 32.3 Å². The first kappa shape index (κ1) is 13.3. The van der Waals surface area contributed by atoms with Gasteiger partial charge in [-0.1, -0.05) is 11.8 Å². The first-order chi connectivity index (χ1) is 9.20. The number of aromatic amines is 1. The molecule has 0 fully saturated rings. The SMILES string of the molecule is Cc1cc(C(=O)NCc2ncn[nH]2)sc1C#CCO. The first-order valence-electron chi connectivity index (χ1n) is 5.53. The van der Waals surface area contributed by atoms with Gasteiger partial charge >= 0.3 is 0 Å². The highest BCUT2D eigenvalue weighted by Crippen LogP contribution is 2.20. The lowest BCUT2D eigenvalue weighted by atomic mass is 10.2. The van der Waals surface area contributed by atoms with Crippen molar-refractivity contribution in [2.45, 2.75) is 13.5 Å². The number of aliphatic hydroxyl groups excluding tert-OH is 1.